The predicted molar refractivity (Wildman–Crippen MR) is 117 cm³/mol. The molecule has 1 fully saturated rings. The molecule has 156 valence electrons. The van der Waals surface area contributed by atoms with Crippen LogP contribution in [0, 0.1) is 11.6 Å². The molecule has 0 atom stereocenters. The van der Waals surface area contributed by atoms with E-state index in [2.05, 4.69) is 21.8 Å². The Morgan fingerprint density at radius 2 is 1.87 bits per heavy atom. The number of anilines is 1. The summed E-state index contributed by atoms with van der Waals surface area (Å²) in [7, 11) is 2.06. The number of benzene rings is 2. The van der Waals surface area contributed by atoms with E-state index < -0.39 is 11.6 Å². The fourth-order valence-corrected chi connectivity index (χ4v) is 5.71. The molecule has 2 aliphatic heterocycles. The maximum absolute atomic E-state index is 14.6. The van der Waals surface area contributed by atoms with Crippen LogP contribution in [0.4, 0.5) is 14.6 Å². The van der Waals surface area contributed by atoms with E-state index in [1.54, 1.807) is 10.6 Å². The molecule has 9 heteroatoms. The first kappa shape index (κ1) is 19.8. The first-order valence-corrected chi connectivity index (χ1v) is 11.1. The zero-order valence-corrected chi connectivity index (χ0v) is 17.9. The number of aromatic nitrogens is 2. The third kappa shape index (κ3) is 3.18. The molecule has 1 aromatic heterocycles. The molecular formula is C21H19ClF2N4OS. The number of likely N-dealkylation sites (N-methyl/N-ethyl adjacent to an activating group) is 1. The molecule has 0 bridgehead atoms. The summed E-state index contributed by atoms with van der Waals surface area (Å²) in [6, 6.07) is 5.23. The Hall–Kier alpha value is -2.16. The topological polar surface area (TPSA) is 41.4 Å². The largest absolute Gasteiger partial charge is 0.353 e. The van der Waals surface area contributed by atoms with E-state index in [0.717, 1.165) is 48.0 Å². The lowest BCUT2D eigenvalue weighted by Gasteiger charge is -2.34. The van der Waals surface area contributed by atoms with Crippen LogP contribution in [0.5, 0.6) is 0 Å². The van der Waals surface area contributed by atoms with Crippen LogP contribution in [-0.2, 0) is 6.54 Å². The lowest BCUT2D eigenvalue weighted by molar-refractivity contribution is 0.312. The second-order valence-corrected chi connectivity index (χ2v) is 9.10. The highest BCUT2D eigenvalue weighted by Gasteiger charge is 2.27. The Labute approximate surface area is 181 Å². The highest BCUT2D eigenvalue weighted by molar-refractivity contribution is 7.99. The molecule has 5 nitrogen and oxygen atoms in total. The average Bonchev–Trinajstić information content (AvgIpc) is 2.72. The van der Waals surface area contributed by atoms with Crippen LogP contribution in [0.1, 0.15) is 0 Å². The number of rotatable bonds is 2. The Balaban J connectivity index is 1.79. The molecule has 3 aromatic rings. The smallest absolute Gasteiger partial charge is 0.350 e. The minimum atomic E-state index is -0.680. The first-order valence-electron chi connectivity index (χ1n) is 9.73. The second-order valence-electron chi connectivity index (χ2n) is 7.59. The van der Waals surface area contributed by atoms with Gasteiger partial charge >= 0.3 is 5.69 Å². The van der Waals surface area contributed by atoms with Crippen molar-refractivity contribution in [3.63, 3.8) is 0 Å². The molecule has 30 heavy (non-hydrogen) atoms. The third-order valence-corrected chi connectivity index (χ3v) is 7.09. The molecule has 0 aliphatic carbocycles. The van der Waals surface area contributed by atoms with Gasteiger partial charge in [-0.15, -0.1) is 11.8 Å². The Morgan fingerprint density at radius 1 is 1.10 bits per heavy atom. The molecule has 0 amide bonds. The van der Waals surface area contributed by atoms with Crippen LogP contribution < -0.4 is 10.6 Å². The fraction of sp³-hybridized carbons (Fsp3) is 0.333. The summed E-state index contributed by atoms with van der Waals surface area (Å²) in [6.07, 6.45) is 0. The number of hydrogen-bond acceptors (Lipinski definition) is 5. The van der Waals surface area contributed by atoms with Gasteiger partial charge in [-0.1, -0.05) is 11.6 Å². The Kier molecular flexibility index (Phi) is 4.95. The van der Waals surface area contributed by atoms with Crippen LogP contribution >= 0.6 is 23.4 Å². The van der Waals surface area contributed by atoms with Crippen molar-refractivity contribution in [2.24, 2.45) is 0 Å². The Bertz CT molecular complexity index is 1220. The van der Waals surface area contributed by atoms with Crippen molar-refractivity contribution < 1.29 is 8.78 Å². The van der Waals surface area contributed by atoms with Gasteiger partial charge in [0, 0.05) is 66.0 Å². The number of nitrogens with zero attached hydrogens (tertiary/aromatic N) is 4. The van der Waals surface area contributed by atoms with Gasteiger partial charge in [-0.25, -0.2) is 13.6 Å². The van der Waals surface area contributed by atoms with Gasteiger partial charge in [0.25, 0.3) is 0 Å². The molecule has 3 heterocycles. The molecule has 1 saturated heterocycles. The summed E-state index contributed by atoms with van der Waals surface area (Å²) in [5.74, 6) is -0.0572. The minimum Gasteiger partial charge on any atom is -0.353 e. The molecule has 0 unspecified atom stereocenters. The summed E-state index contributed by atoms with van der Waals surface area (Å²) in [4.78, 5) is 22.3. The molecule has 0 radical (unpaired) electrons. The average molecular weight is 449 g/mol. The van der Waals surface area contributed by atoms with Crippen molar-refractivity contribution in [2.45, 2.75) is 11.4 Å². The molecule has 5 rings (SSSR count). The van der Waals surface area contributed by atoms with Crippen molar-refractivity contribution in [3.8, 4) is 11.1 Å². The molecule has 0 spiro atoms. The van der Waals surface area contributed by atoms with E-state index in [0.29, 0.717) is 28.7 Å². The summed E-state index contributed by atoms with van der Waals surface area (Å²) < 4.78 is 29.7. The number of aryl methyl sites for hydroxylation is 1. The van der Waals surface area contributed by atoms with Gasteiger partial charge in [-0.3, -0.25) is 4.57 Å². The van der Waals surface area contributed by atoms with Crippen molar-refractivity contribution >= 4 is 40.1 Å². The standard InChI is InChI=1S/C21H19ClF2N4OS/c1-26-4-6-27(7-5-26)20-14-11-15(22)17(13-3-2-12(23)10-16(13)24)19-18(14)28(8-9-30-19)21(29)25-20/h2-3,10-11H,4-9H2,1H3. The number of piperazine rings is 1. The quantitative estimate of drug-likeness (QED) is 0.595. The zero-order valence-electron chi connectivity index (χ0n) is 16.3. The first-order chi connectivity index (χ1) is 14.4. The normalized spacial score (nSPS) is 17.0. The number of hydrogen-bond donors (Lipinski definition) is 0. The fourth-order valence-electron chi connectivity index (χ4n) is 4.15. The number of halogens is 3. The second kappa shape index (κ2) is 7.51. The van der Waals surface area contributed by atoms with Crippen LogP contribution in [0.15, 0.2) is 34.0 Å². The third-order valence-electron chi connectivity index (χ3n) is 5.71. The summed E-state index contributed by atoms with van der Waals surface area (Å²) in [5, 5.41) is 1.15. The van der Waals surface area contributed by atoms with Gasteiger partial charge in [-0.05, 0) is 25.2 Å². The van der Waals surface area contributed by atoms with Gasteiger partial charge in [0.2, 0.25) is 0 Å². The lowest BCUT2D eigenvalue weighted by Crippen LogP contribution is -2.45. The highest BCUT2D eigenvalue weighted by Crippen LogP contribution is 2.46. The lowest BCUT2D eigenvalue weighted by atomic mass is 10.0. The summed E-state index contributed by atoms with van der Waals surface area (Å²) in [6.45, 7) is 3.80. The number of thioether (sulfide) groups is 1. The van der Waals surface area contributed by atoms with Gasteiger partial charge in [0.15, 0.2) is 0 Å². The van der Waals surface area contributed by atoms with Gasteiger partial charge < -0.3 is 9.80 Å². The van der Waals surface area contributed by atoms with Gasteiger partial charge in [0.1, 0.15) is 17.5 Å². The van der Waals surface area contributed by atoms with Crippen molar-refractivity contribution in [1.29, 1.82) is 0 Å². The van der Waals surface area contributed by atoms with Crippen molar-refractivity contribution in [1.82, 2.24) is 14.5 Å². The molecule has 2 aromatic carbocycles. The van der Waals surface area contributed by atoms with Crippen molar-refractivity contribution in [2.75, 3.05) is 43.9 Å². The SMILES string of the molecule is CN1CCN(c2nc(=O)n3c4c(c(-c5ccc(F)cc5F)c(Cl)cc24)SCC3)CC1. The molecule has 0 saturated carbocycles. The minimum absolute atomic E-state index is 0.227. The maximum atomic E-state index is 14.6. The van der Waals surface area contributed by atoms with E-state index in [4.69, 9.17) is 11.6 Å². The van der Waals surface area contributed by atoms with Crippen LogP contribution in [0.2, 0.25) is 5.02 Å². The summed E-state index contributed by atoms with van der Waals surface area (Å²) >= 11 is 8.20. The summed E-state index contributed by atoms with van der Waals surface area (Å²) in [5.41, 5.74) is 1.13. The van der Waals surface area contributed by atoms with E-state index in [-0.39, 0.29) is 11.3 Å². The highest BCUT2D eigenvalue weighted by atomic mass is 35.5. The van der Waals surface area contributed by atoms with Crippen LogP contribution in [0.25, 0.3) is 22.0 Å². The van der Waals surface area contributed by atoms with Crippen LogP contribution in [0.3, 0.4) is 0 Å². The van der Waals surface area contributed by atoms with Crippen LogP contribution in [-0.4, -0.2) is 53.4 Å². The van der Waals surface area contributed by atoms with E-state index in [1.807, 2.05) is 0 Å². The van der Waals surface area contributed by atoms with E-state index in [1.165, 1.54) is 23.9 Å². The van der Waals surface area contributed by atoms with E-state index in [9.17, 15) is 13.6 Å². The maximum Gasteiger partial charge on any atom is 0.350 e. The zero-order chi connectivity index (χ0) is 21.0. The Morgan fingerprint density at radius 3 is 2.60 bits per heavy atom. The van der Waals surface area contributed by atoms with Crippen molar-refractivity contribution in [3.05, 3.63) is 51.4 Å². The van der Waals surface area contributed by atoms with E-state index >= 15 is 0 Å². The van der Waals surface area contributed by atoms with Gasteiger partial charge in [0.05, 0.1) is 10.5 Å². The molecule has 2 aliphatic rings. The monoisotopic (exact) mass is 448 g/mol. The van der Waals surface area contributed by atoms with Gasteiger partial charge in [-0.2, -0.15) is 4.98 Å². The molecular weight excluding hydrogens is 430 g/mol. The predicted octanol–water partition coefficient (Wildman–Crippen LogP) is 3.85. The molecule has 0 N–H and O–H groups in total.